The fourth-order valence-corrected chi connectivity index (χ4v) is 3.71. The third-order valence-corrected chi connectivity index (χ3v) is 5.56. The van der Waals surface area contributed by atoms with E-state index in [1.54, 1.807) is 0 Å². The van der Waals surface area contributed by atoms with Gasteiger partial charge in [-0.2, -0.15) is 4.98 Å². The lowest BCUT2D eigenvalue weighted by Gasteiger charge is -2.31. The third-order valence-electron chi connectivity index (χ3n) is 5.32. The number of hydrogen-bond donors (Lipinski definition) is 2. The van der Waals surface area contributed by atoms with E-state index >= 15 is 0 Å². The minimum Gasteiger partial charge on any atom is -0.459 e. The van der Waals surface area contributed by atoms with Crippen LogP contribution in [0.3, 0.4) is 0 Å². The number of thiocarbonyl (C=S) groups is 1. The van der Waals surface area contributed by atoms with Gasteiger partial charge in [0.25, 0.3) is 0 Å². The summed E-state index contributed by atoms with van der Waals surface area (Å²) in [4.78, 5) is 11.5. The van der Waals surface area contributed by atoms with Gasteiger partial charge in [-0.15, -0.1) is 0 Å². The van der Waals surface area contributed by atoms with E-state index in [0.717, 1.165) is 47.6 Å². The fourth-order valence-electron chi connectivity index (χ4n) is 3.55. The number of nitrogens with one attached hydrogen (secondary N) is 2. The molecule has 0 radical (unpaired) electrons. The van der Waals surface area contributed by atoms with Gasteiger partial charge < -0.3 is 20.0 Å². The molecule has 1 aliphatic rings. The van der Waals surface area contributed by atoms with E-state index in [0.29, 0.717) is 17.6 Å². The average molecular weight is 422 g/mol. The maximum absolute atomic E-state index is 5.91. The van der Waals surface area contributed by atoms with Crippen molar-refractivity contribution in [3.05, 3.63) is 60.0 Å². The van der Waals surface area contributed by atoms with E-state index in [2.05, 4.69) is 32.4 Å². The standard InChI is InChI=1S/C23H27N5OS/c1-16-10-12-28(13-11-16)21-14-17(2)25-22(26-21)27-23(30)24-15-19-8-9-20(29-19)18-6-4-3-5-7-18/h3-9,14,16H,10-13,15H2,1-2H3,(H2,24,25,26,27,30). The average Bonchev–Trinajstić information content (AvgIpc) is 3.22. The summed E-state index contributed by atoms with van der Waals surface area (Å²) < 4.78 is 5.91. The number of benzene rings is 1. The predicted molar refractivity (Wildman–Crippen MR) is 125 cm³/mol. The van der Waals surface area contributed by atoms with Gasteiger partial charge in [0.2, 0.25) is 5.95 Å². The SMILES string of the molecule is Cc1cc(N2CCC(C)CC2)nc(NC(=S)NCc2ccc(-c3ccccc3)o2)n1. The molecule has 1 aliphatic heterocycles. The minimum atomic E-state index is 0.469. The van der Waals surface area contributed by atoms with Crippen molar-refractivity contribution in [2.75, 3.05) is 23.3 Å². The molecule has 0 bridgehead atoms. The Morgan fingerprint density at radius 1 is 1.13 bits per heavy atom. The van der Waals surface area contributed by atoms with Crippen molar-refractivity contribution in [1.82, 2.24) is 15.3 Å². The first kappa shape index (κ1) is 20.3. The second-order valence-electron chi connectivity index (χ2n) is 7.80. The van der Waals surface area contributed by atoms with Gasteiger partial charge in [-0.05, 0) is 50.0 Å². The molecule has 3 heterocycles. The number of hydrogen-bond acceptors (Lipinski definition) is 5. The fraction of sp³-hybridized carbons (Fsp3) is 0.348. The van der Waals surface area contributed by atoms with Crippen LogP contribution in [0.2, 0.25) is 0 Å². The third kappa shape index (κ3) is 5.16. The number of aromatic nitrogens is 2. The largest absolute Gasteiger partial charge is 0.459 e. The van der Waals surface area contributed by atoms with E-state index in [4.69, 9.17) is 16.6 Å². The van der Waals surface area contributed by atoms with Crippen molar-refractivity contribution in [3.8, 4) is 11.3 Å². The molecule has 2 aromatic heterocycles. The molecular formula is C23H27N5OS. The van der Waals surface area contributed by atoms with Crippen LogP contribution in [0, 0.1) is 12.8 Å². The molecule has 6 nitrogen and oxygen atoms in total. The van der Waals surface area contributed by atoms with Gasteiger partial charge in [0.15, 0.2) is 5.11 Å². The number of aryl methyl sites for hydroxylation is 1. The lowest BCUT2D eigenvalue weighted by atomic mass is 9.99. The number of anilines is 2. The summed E-state index contributed by atoms with van der Waals surface area (Å²) in [5.41, 5.74) is 1.97. The Morgan fingerprint density at radius 3 is 2.67 bits per heavy atom. The highest BCUT2D eigenvalue weighted by Gasteiger charge is 2.18. The van der Waals surface area contributed by atoms with Crippen LogP contribution in [-0.4, -0.2) is 28.2 Å². The summed E-state index contributed by atoms with van der Waals surface area (Å²) in [6.45, 7) is 6.83. The Kier molecular flexibility index (Phi) is 6.28. The quantitative estimate of drug-likeness (QED) is 0.575. The summed E-state index contributed by atoms with van der Waals surface area (Å²) >= 11 is 5.44. The maximum Gasteiger partial charge on any atom is 0.231 e. The van der Waals surface area contributed by atoms with E-state index in [9.17, 15) is 0 Å². The van der Waals surface area contributed by atoms with Crippen LogP contribution in [0.15, 0.2) is 52.9 Å². The maximum atomic E-state index is 5.91. The first-order valence-electron chi connectivity index (χ1n) is 10.4. The summed E-state index contributed by atoms with van der Waals surface area (Å²) in [6, 6.07) is 16.0. The number of nitrogens with zero attached hydrogens (tertiary/aromatic N) is 3. The van der Waals surface area contributed by atoms with Crippen molar-refractivity contribution in [1.29, 1.82) is 0 Å². The van der Waals surface area contributed by atoms with Crippen LogP contribution in [0.1, 0.15) is 31.2 Å². The highest BCUT2D eigenvalue weighted by Crippen LogP contribution is 2.23. The smallest absolute Gasteiger partial charge is 0.231 e. The zero-order valence-electron chi connectivity index (χ0n) is 17.4. The zero-order valence-corrected chi connectivity index (χ0v) is 18.2. The molecule has 0 aliphatic carbocycles. The molecule has 1 fully saturated rings. The summed E-state index contributed by atoms with van der Waals surface area (Å²) in [7, 11) is 0. The summed E-state index contributed by atoms with van der Waals surface area (Å²) in [5, 5.41) is 6.75. The minimum absolute atomic E-state index is 0.469. The molecule has 7 heteroatoms. The Hall–Kier alpha value is -2.93. The van der Waals surface area contributed by atoms with Gasteiger partial charge in [-0.25, -0.2) is 4.98 Å². The molecule has 0 unspecified atom stereocenters. The highest BCUT2D eigenvalue weighted by molar-refractivity contribution is 7.80. The van der Waals surface area contributed by atoms with Gasteiger partial charge in [0, 0.05) is 30.4 Å². The number of rotatable bonds is 5. The monoisotopic (exact) mass is 421 g/mol. The van der Waals surface area contributed by atoms with Crippen molar-refractivity contribution < 1.29 is 4.42 Å². The van der Waals surface area contributed by atoms with Crippen LogP contribution >= 0.6 is 12.2 Å². The predicted octanol–water partition coefficient (Wildman–Crippen LogP) is 4.77. The Bertz CT molecular complexity index is 996. The van der Waals surface area contributed by atoms with Crippen molar-refractivity contribution in [2.45, 2.75) is 33.2 Å². The lowest BCUT2D eigenvalue weighted by Crippen LogP contribution is -2.34. The molecule has 4 rings (SSSR count). The molecule has 0 saturated carbocycles. The molecular weight excluding hydrogens is 394 g/mol. The number of furan rings is 1. The molecule has 3 aromatic rings. The van der Waals surface area contributed by atoms with Crippen molar-refractivity contribution in [3.63, 3.8) is 0 Å². The second-order valence-corrected chi connectivity index (χ2v) is 8.21. The molecule has 30 heavy (non-hydrogen) atoms. The normalized spacial score (nSPS) is 14.5. The molecule has 0 amide bonds. The van der Waals surface area contributed by atoms with Gasteiger partial charge in [-0.1, -0.05) is 37.3 Å². The first-order chi connectivity index (χ1) is 14.6. The Labute approximate surface area is 182 Å². The summed E-state index contributed by atoms with van der Waals surface area (Å²) in [6.07, 6.45) is 2.39. The van der Waals surface area contributed by atoms with Crippen LogP contribution in [0.25, 0.3) is 11.3 Å². The Balaban J connectivity index is 1.35. The van der Waals surface area contributed by atoms with E-state index in [1.165, 1.54) is 12.8 Å². The van der Waals surface area contributed by atoms with Crippen LogP contribution in [0.4, 0.5) is 11.8 Å². The molecule has 1 saturated heterocycles. The molecule has 0 atom stereocenters. The van der Waals surface area contributed by atoms with Gasteiger partial charge >= 0.3 is 0 Å². The van der Waals surface area contributed by atoms with Crippen LogP contribution in [-0.2, 0) is 6.54 Å². The van der Waals surface area contributed by atoms with Crippen LogP contribution in [0.5, 0.6) is 0 Å². The van der Waals surface area contributed by atoms with E-state index in [-0.39, 0.29) is 0 Å². The highest BCUT2D eigenvalue weighted by atomic mass is 32.1. The van der Waals surface area contributed by atoms with Gasteiger partial charge in [-0.3, -0.25) is 0 Å². The molecule has 156 valence electrons. The second kappa shape index (κ2) is 9.26. The van der Waals surface area contributed by atoms with E-state index < -0.39 is 0 Å². The van der Waals surface area contributed by atoms with Crippen LogP contribution < -0.4 is 15.5 Å². The van der Waals surface area contributed by atoms with Crippen molar-refractivity contribution in [2.24, 2.45) is 5.92 Å². The zero-order chi connectivity index (χ0) is 20.9. The molecule has 0 spiro atoms. The Morgan fingerprint density at radius 2 is 1.90 bits per heavy atom. The first-order valence-corrected chi connectivity index (χ1v) is 10.8. The molecule has 1 aromatic carbocycles. The van der Waals surface area contributed by atoms with Crippen molar-refractivity contribution >= 4 is 29.1 Å². The van der Waals surface area contributed by atoms with Gasteiger partial charge in [0.05, 0.1) is 6.54 Å². The number of piperidine rings is 1. The lowest BCUT2D eigenvalue weighted by molar-refractivity contribution is 0.436. The van der Waals surface area contributed by atoms with E-state index in [1.807, 2.05) is 55.5 Å². The summed E-state index contributed by atoms with van der Waals surface area (Å²) in [5.74, 6) is 3.91. The topological polar surface area (TPSA) is 66.2 Å². The van der Waals surface area contributed by atoms with Gasteiger partial charge in [0.1, 0.15) is 17.3 Å². The molecule has 2 N–H and O–H groups in total.